The summed E-state index contributed by atoms with van der Waals surface area (Å²) in [7, 11) is 0. The Morgan fingerprint density at radius 3 is 2.90 bits per heavy atom. The van der Waals surface area contributed by atoms with Crippen molar-refractivity contribution in [3.63, 3.8) is 0 Å². The predicted octanol–water partition coefficient (Wildman–Crippen LogP) is 4.57. The number of carbonyl (C=O) groups is 1. The molecule has 3 rings (SSSR count). The molecular weight excluding hydrogens is 290 g/mol. The lowest BCUT2D eigenvalue weighted by atomic mass is 10.0. The first-order valence-electron chi connectivity index (χ1n) is 7.44. The van der Waals surface area contributed by atoms with Crippen LogP contribution in [-0.2, 0) is 4.79 Å². The number of fused-ring (bicyclic) bond motifs is 1. The molecule has 1 aromatic carbocycles. The zero-order valence-corrected chi connectivity index (χ0v) is 13.1. The van der Waals surface area contributed by atoms with Crippen LogP contribution in [0.15, 0.2) is 23.1 Å². The quantitative estimate of drug-likeness (QED) is 0.886. The number of hydrogen-bond donors (Lipinski definition) is 1. The maximum atomic E-state index is 12.2. The lowest BCUT2D eigenvalue weighted by molar-refractivity contribution is -0.122. The number of nitrogens with one attached hydrogen (secondary N) is 1. The van der Waals surface area contributed by atoms with Gasteiger partial charge in [0.1, 0.15) is 0 Å². The highest BCUT2D eigenvalue weighted by molar-refractivity contribution is 7.99. The summed E-state index contributed by atoms with van der Waals surface area (Å²) in [4.78, 5) is 13.5. The van der Waals surface area contributed by atoms with Gasteiger partial charge in [-0.1, -0.05) is 24.4 Å². The van der Waals surface area contributed by atoms with Gasteiger partial charge in [0.15, 0.2) is 0 Å². The SMILES string of the molecule is O=C(CC1CCCC1)N[C@@H]1CCSc2ccc(Cl)cc21. The molecule has 1 fully saturated rings. The second kappa shape index (κ2) is 6.40. The Hall–Kier alpha value is -0.670. The molecule has 0 unspecified atom stereocenters. The lowest BCUT2D eigenvalue weighted by Gasteiger charge is -2.26. The van der Waals surface area contributed by atoms with E-state index in [-0.39, 0.29) is 11.9 Å². The van der Waals surface area contributed by atoms with Crippen molar-refractivity contribution in [2.75, 3.05) is 5.75 Å². The van der Waals surface area contributed by atoms with Crippen molar-refractivity contribution in [2.45, 2.75) is 49.5 Å². The molecule has 0 saturated heterocycles. The molecule has 108 valence electrons. The number of thioether (sulfide) groups is 1. The zero-order valence-electron chi connectivity index (χ0n) is 11.5. The van der Waals surface area contributed by atoms with Crippen molar-refractivity contribution in [2.24, 2.45) is 5.92 Å². The van der Waals surface area contributed by atoms with Crippen LogP contribution in [0.2, 0.25) is 5.02 Å². The van der Waals surface area contributed by atoms with Crippen molar-refractivity contribution in [3.8, 4) is 0 Å². The summed E-state index contributed by atoms with van der Waals surface area (Å²) < 4.78 is 0. The van der Waals surface area contributed by atoms with Crippen LogP contribution in [0, 0.1) is 5.92 Å². The number of halogens is 1. The van der Waals surface area contributed by atoms with Crippen LogP contribution in [0.5, 0.6) is 0 Å². The fourth-order valence-electron chi connectivity index (χ4n) is 3.25. The first kappa shape index (κ1) is 14.3. The molecule has 0 radical (unpaired) electrons. The smallest absolute Gasteiger partial charge is 0.220 e. The van der Waals surface area contributed by atoms with Crippen molar-refractivity contribution in [1.82, 2.24) is 5.32 Å². The first-order chi connectivity index (χ1) is 9.72. The van der Waals surface area contributed by atoms with Crippen molar-refractivity contribution in [1.29, 1.82) is 0 Å². The molecule has 1 amide bonds. The van der Waals surface area contributed by atoms with Gasteiger partial charge in [-0.15, -0.1) is 11.8 Å². The minimum atomic E-state index is 0.138. The topological polar surface area (TPSA) is 29.1 Å². The van der Waals surface area contributed by atoms with Crippen molar-refractivity contribution in [3.05, 3.63) is 28.8 Å². The van der Waals surface area contributed by atoms with Crippen molar-refractivity contribution < 1.29 is 4.79 Å². The molecule has 1 aromatic rings. The van der Waals surface area contributed by atoms with Gasteiger partial charge in [0.2, 0.25) is 5.91 Å². The van der Waals surface area contributed by atoms with E-state index < -0.39 is 0 Å². The molecule has 1 saturated carbocycles. The molecule has 1 N–H and O–H groups in total. The Bertz CT molecular complexity index is 499. The maximum Gasteiger partial charge on any atom is 0.220 e. The molecule has 2 nitrogen and oxygen atoms in total. The minimum absolute atomic E-state index is 0.138. The van der Waals surface area contributed by atoms with E-state index in [4.69, 9.17) is 11.6 Å². The van der Waals surface area contributed by atoms with Crippen LogP contribution in [0.4, 0.5) is 0 Å². The average Bonchev–Trinajstić information content (AvgIpc) is 2.92. The van der Waals surface area contributed by atoms with Gasteiger partial charge < -0.3 is 5.32 Å². The molecule has 0 aromatic heterocycles. The molecule has 4 heteroatoms. The van der Waals surface area contributed by atoms with Crippen LogP contribution in [0.3, 0.4) is 0 Å². The summed E-state index contributed by atoms with van der Waals surface area (Å²) in [6.07, 6.45) is 6.70. The summed E-state index contributed by atoms with van der Waals surface area (Å²) in [6, 6.07) is 6.14. The minimum Gasteiger partial charge on any atom is -0.349 e. The average molecular weight is 310 g/mol. The fourth-order valence-corrected chi connectivity index (χ4v) is 4.53. The zero-order chi connectivity index (χ0) is 13.9. The molecule has 0 bridgehead atoms. The van der Waals surface area contributed by atoms with E-state index in [2.05, 4.69) is 11.4 Å². The van der Waals surface area contributed by atoms with Gasteiger partial charge in [0, 0.05) is 22.1 Å². The van der Waals surface area contributed by atoms with E-state index >= 15 is 0 Å². The van der Waals surface area contributed by atoms with Crippen molar-refractivity contribution >= 4 is 29.3 Å². The Labute approximate surface area is 129 Å². The van der Waals surface area contributed by atoms with Gasteiger partial charge in [0.25, 0.3) is 0 Å². The van der Waals surface area contributed by atoms with Gasteiger partial charge in [0.05, 0.1) is 6.04 Å². The normalized spacial score (nSPS) is 22.6. The number of benzene rings is 1. The first-order valence-corrected chi connectivity index (χ1v) is 8.80. The number of amides is 1. The van der Waals surface area contributed by atoms with Crippen LogP contribution in [0.1, 0.15) is 50.1 Å². The van der Waals surface area contributed by atoms with E-state index in [1.165, 1.54) is 36.1 Å². The number of rotatable bonds is 3. The predicted molar refractivity (Wildman–Crippen MR) is 84.3 cm³/mol. The van der Waals surface area contributed by atoms with Crippen LogP contribution in [0.25, 0.3) is 0 Å². The maximum absolute atomic E-state index is 12.2. The molecule has 1 aliphatic carbocycles. The van der Waals surface area contributed by atoms with Gasteiger partial charge in [-0.2, -0.15) is 0 Å². The van der Waals surface area contributed by atoms with Crippen LogP contribution >= 0.6 is 23.4 Å². The van der Waals surface area contributed by atoms with Gasteiger partial charge in [-0.05, 0) is 48.9 Å². The molecular formula is C16H20ClNOS. The van der Waals surface area contributed by atoms with Gasteiger partial charge >= 0.3 is 0 Å². The summed E-state index contributed by atoms with van der Waals surface area (Å²) >= 11 is 7.95. The van der Waals surface area contributed by atoms with Crippen LogP contribution in [-0.4, -0.2) is 11.7 Å². The van der Waals surface area contributed by atoms with E-state index in [1.54, 1.807) is 0 Å². The summed E-state index contributed by atoms with van der Waals surface area (Å²) in [5, 5.41) is 3.97. The molecule has 1 aliphatic heterocycles. The van der Waals surface area contributed by atoms with Gasteiger partial charge in [-0.3, -0.25) is 4.79 Å². The highest BCUT2D eigenvalue weighted by atomic mass is 35.5. The third-order valence-corrected chi connectivity index (χ3v) is 5.65. The molecule has 2 aliphatic rings. The monoisotopic (exact) mass is 309 g/mol. The molecule has 1 atom stereocenters. The number of carbonyl (C=O) groups excluding carboxylic acids is 1. The summed E-state index contributed by atoms with van der Waals surface area (Å²) in [5.41, 5.74) is 1.19. The summed E-state index contributed by atoms with van der Waals surface area (Å²) in [6.45, 7) is 0. The standard InChI is InChI=1S/C16H20ClNOS/c17-12-5-6-15-13(10-12)14(7-8-20-15)18-16(19)9-11-3-1-2-4-11/h5-6,10-11,14H,1-4,7-9H2,(H,18,19)/t14-/m1/s1. The third-order valence-electron chi connectivity index (χ3n) is 4.30. The van der Waals surface area contributed by atoms with Crippen LogP contribution < -0.4 is 5.32 Å². The second-order valence-corrected chi connectivity index (χ2v) is 7.37. The molecule has 0 spiro atoms. The summed E-state index contributed by atoms with van der Waals surface area (Å²) in [5.74, 6) is 1.87. The van der Waals surface area contributed by atoms with E-state index in [0.717, 1.165) is 17.2 Å². The highest BCUT2D eigenvalue weighted by Crippen LogP contribution is 2.37. The fraction of sp³-hybridized carbons (Fsp3) is 0.562. The Kier molecular flexibility index (Phi) is 4.57. The number of hydrogen-bond acceptors (Lipinski definition) is 2. The largest absolute Gasteiger partial charge is 0.349 e. The van der Waals surface area contributed by atoms with E-state index in [9.17, 15) is 4.79 Å². The second-order valence-electron chi connectivity index (χ2n) is 5.79. The highest BCUT2D eigenvalue weighted by Gasteiger charge is 2.24. The molecule has 1 heterocycles. The molecule has 20 heavy (non-hydrogen) atoms. The lowest BCUT2D eigenvalue weighted by Crippen LogP contribution is -2.31. The van der Waals surface area contributed by atoms with E-state index in [0.29, 0.717) is 12.3 Å². The van der Waals surface area contributed by atoms with Gasteiger partial charge in [-0.25, -0.2) is 0 Å². The third kappa shape index (κ3) is 3.32. The Morgan fingerprint density at radius 2 is 2.10 bits per heavy atom. The Balaban J connectivity index is 1.66. The Morgan fingerprint density at radius 1 is 1.30 bits per heavy atom. The van der Waals surface area contributed by atoms with E-state index in [1.807, 2.05) is 23.9 Å².